The van der Waals surface area contributed by atoms with Crippen LogP contribution in [0.2, 0.25) is 0 Å². The van der Waals surface area contributed by atoms with Crippen molar-refractivity contribution < 1.29 is 13.9 Å². The molecule has 0 radical (unpaired) electrons. The second-order valence-electron chi connectivity index (χ2n) is 3.92. The average Bonchev–Trinajstić information content (AvgIpc) is 2.90. The van der Waals surface area contributed by atoms with Gasteiger partial charge in [-0.3, -0.25) is 4.79 Å². The Morgan fingerprint density at radius 3 is 3.11 bits per heavy atom. The van der Waals surface area contributed by atoms with E-state index in [-0.39, 0.29) is 12.5 Å². The number of ether oxygens (including phenoxy) is 1. The van der Waals surface area contributed by atoms with Gasteiger partial charge in [0.15, 0.2) is 6.61 Å². The van der Waals surface area contributed by atoms with E-state index in [4.69, 9.17) is 4.74 Å². The van der Waals surface area contributed by atoms with Crippen molar-refractivity contribution >= 4 is 5.91 Å². The van der Waals surface area contributed by atoms with Crippen molar-refractivity contribution in [2.24, 2.45) is 0 Å². The summed E-state index contributed by atoms with van der Waals surface area (Å²) < 4.78 is 18.0. The number of carbonyl (C=O) groups is 1. The van der Waals surface area contributed by atoms with Crippen molar-refractivity contribution in [1.29, 1.82) is 0 Å². The fraction of sp³-hybridized carbons (Fsp3) is 0.231. The second kappa shape index (κ2) is 6.53. The van der Waals surface area contributed by atoms with Gasteiger partial charge < -0.3 is 15.0 Å². The summed E-state index contributed by atoms with van der Waals surface area (Å²) >= 11 is 0. The number of H-pyrrole nitrogens is 1. The smallest absolute Gasteiger partial charge is 0.257 e. The van der Waals surface area contributed by atoms with Crippen LogP contribution in [-0.4, -0.2) is 29.0 Å². The third kappa shape index (κ3) is 4.42. The van der Waals surface area contributed by atoms with Crippen molar-refractivity contribution in [2.45, 2.75) is 6.42 Å². The van der Waals surface area contributed by atoms with E-state index in [0.717, 1.165) is 5.69 Å². The van der Waals surface area contributed by atoms with Gasteiger partial charge in [-0.25, -0.2) is 9.37 Å². The van der Waals surface area contributed by atoms with E-state index >= 15 is 0 Å². The van der Waals surface area contributed by atoms with Crippen molar-refractivity contribution in [1.82, 2.24) is 15.3 Å². The number of aromatic amines is 1. The normalized spacial score (nSPS) is 10.2. The molecule has 0 unspecified atom stereocenters. The summed E-state index contributed by atoms with van der Waals surface area (Å²) in [5.41, 5.74) is 0.950. The fourth-order valence-electron chi connectivity index (χ4n) is 1.51. The average molecular weight is 263 g/mol. The minimum absolute atomic E-state index is 0.133. The van der Waals surface area contributed by atoms with E-state index in [9.17, 15) is 9.18 Å². The highest BCUT2D eigenvalue weighted by Gasteiger charge is 2.03. The molecule has 19 heavy (non-hydrogen) atoms. The largest absolute Gasteiger partial charge is 0.484 e. The maximum atomic E-state index is 12.9. The molecule has 0 saturated heterocycles. The first kappa shape index (κ1) is 13.1. The zero-order valence-corrected chi connectivity index (χ0v) is 10.2. The molecule has 0 aliphatic heterocycles. The predicted molar refractivity (Wildman–Crippen MR) is 67.2 cm³/mol. The zero-order chi connectivity index (χ0) is 13.5. The van der Waals surface area contributed by atoms with Crippen molar-refractivity contribution in [3.8, 4) is 5.75 Å². The van der Waals surface area contributed by atoms with Gasteiger partial charge in [0.25, 0.3) is 5.91 Å². The Balaban J connectivity index is 1.67. The van der Waals surface area contributed by atoms with Gasteiger partial charge in [-0.2, -0.15) is 0 Å². The molecule has 2 aromatic rings. The van der Waals surface area contributed by atoms with E-state index in [1.165, 1.54) is 18.2 Å². The molecule has 1 aromatic carbocycles. The highest BCUT2D eigenvalue weighted by atomic mass is 19.1. The molecule has 0 bridgehead atoms. The highest BCUT2D eigenvalue weighted by Crippen LogP contribution is 2.11. The van der Waals surface area contributed by atoms with Crippen LogP contribution in [0, 0.1) is 5.82 Å². The molecule has 0 atom stereocenters. The van der Waals surface area contributed by atoms with Crippen LogP contribution in [0.1, 0.15) is 5.69 Å². The van der Waals surface area contributed by atoms with Gasteiger partial charge in [-0.15, -0.1) is 0 Å². The second-order valence-corrected chi connectivity index (χ2v) is 3.92. The Morgan fingerprint density at radius 1 is 1.47 bits per heavy atom. The van der Waals surface area contributed by atoms with E-state index in [0.29, 0.717) is 18.7 Å². The summed E-state index contributed by atoms with van der Waals surface area (Å²) in [6, 6.07) is 5.68. The number of carbonyl (C=O) groups excluding carboxylic acids is 1. The van der Waals surface area contributed by atoms with Crippen molar-refractivity contribution in [3.05, 3.63) is 48.3 Å². The van der Waals surface area contributed by atoms with E-state index < -0.39 is 5.82 Å². The van der Waals surface area contributed by atoms with Gasteiger partial charge >= 0.3 is 0 Å². The van der Waals surface area contributed by atoms with Gasteiger partial charge in [-0.1, -0.05) is 6.07 Å². The van der Waals surface area contributed by atoms with Crippen LogP contribution in [-0.2, 0) is 11.2 Å². The fourth-order valence-corrected chi connectivity index (χ4v) is 1.51. The molecular formula is C13H14FN3O2. The molecule has 100 valence electrons. The number of hydrogen-bond donors (Lipinski definition) is 2. The molecule has 1 amide bonds. The SMILES string of the molecule is O=C(COc1cccc(F)c1)NCCc1cnc[nH]1. The lowest BCUT2D eigenvalue weighted by Gasteiger charge is -2.07. The Bertz CT molecular complexity index is 528. The molecule has 0 aliphatic rings. The van der Waals surface area contributed by atoms with Crippen LogP contribution < -0.4 is 10.1 Å². The lowest BCUT2D eigenvalue weighted by molar-refractivity contribution is -0.123. The molecule has 1 aromatic heterocycles. The van der Waals surface area contributed by atoms with Gasteiger partial charge in [-0.05, 0) is 12.1 Å². The van der Waals surface area contributed by atoms with Crippen LogP contribution in [0.3, 0.4) is 0 Å². The Labute approximate surface area is 109 Å². The summed E-state index contributed by atoms with van der Waals surface area (Å²) in [5, 5.41) is 2.70. The minimum atomic E-state index is -0.392. The lowest BCUT2D eigenvalue weighted by atomic mass is 10.3. The van der Waals surface area contributed by atoms with Gasteiger partial charge in [0.05, 0.1) is 6.33 Å². The zero-order valence-electron chi connectivity index (χ0n) is 10.2. The molecule has 0 spiro atoms. The number of aromatic nitrogens is 2. The number of rotatable bonds is 6. The van der Waals surface area contributed by atoms with Crippen LogP contribution in [0.15, 0.2) is 36.8 Å². The molecule has 5 nitrogen and oxygen atoms in total. The third-order valence-corrected chi connectivity index (χ3v) is 2.44. The van der Waals surface area contributed by atoms with Crippen LogP contribution in [0.4, 0.5) is 4.39 Å². The standard InChI is InChI=1S/C13H14FN3O2/c14-10-2-1-3-12(6-10)19-8-13(18)16-5-4-11-7-15-9-17-11/h1-3,6-7,9H,4-5,8H2,(H,15,17)(H,16,18). The van der Waals surface area contributed by atoms with Crippen molar-refractivity contribution in [2.75, 3.05) is 13.2 Å². The minimum Gasteiger partial charge on any atom is -0.484 e. The third-order valence-electron chi connectivity index (χ3n) is 2.44. The molecular weight excluding hydrogens is 249 g/mol. The Morgan fingerprint density at radius 2 is 2.37 bits per heavy atom. The number of nitrogens with zero attached hydrogens (tertiary/aromatic N) is 1. The number of halogens is 1. The maximum absolute atomic E-state index is 12.9. The number of amides is 1. The summed E-state index contributed by atoms with van der Waals surface area (Å²) in [6.07, 6.45) is 3.96. The van der Waals surface area contributed by atoms with E-state index in [1.54, 1.807) is 18.6 Å². The van der Waals surface area contributed by atoms with Crippen LogP contribution in [0.5, 0.6) is 5.75 Å². The number of benzene rings is 1. The quantitative estimate of drug-likeness (QED) is 0.825. The molecule has 0 aliphatic carbocycles. The highest BCUT2D eigenvalue weighted by molar-refractivity contribution is 5.77. The Hall–Kier alpha value is -2.37. The first-order valence-electron chi connectivity index (χ1n) is 5.86. The summed E-state index contributed by atoms with van der Waals surface area (Å²) in [7, 11) is 0. The lowest BCUT2D eigenvalue weighted by Crippen LogP contribution is -2.30. The molecule has 0 fully saturated rings. The molecule has 1 heterocycles. The molecule has 2 rings (SSSR count). The van der Waals surface area contributed by atoms with E-state index in [2.05, 4.69) is 15.3 Å². The molecule has 2 N–H and O–H groups in total. The molecule has 6 heteroatoms. The topological polar surface area (TPSA) is 67.0 Å². The summed E-state index contributed by atoms with van der Waals surface area (Å²) in [6.45, 7) is 0.361. The number of nitrogens with one attached hydrogen (secondary N) is 2. The number of hydrogen-bond acceptors (Lipinski definition) is 3. The van der Waals surface area contributed by atoms with Crippen molar-refractivity contribution in [3.63, 3.8) is 0 Å². The monoisotopic (exact) mass is 263 g/mol. The van der Waals surface area contributed by atoms with E-state index in [1.807, 2.05) is 0 Å². The van der Waals surface area contributed by atoms with Gasteiger partial charge in [0.2, 0.25) is 0 Å². The first-order chi connectivity index (χ1) is 9.24. The Kier molecular flexibility index (Phi) is 4.49. The van der Waals surface area contributed by atoms with Gasteiger partial charge in [0.1, 0.15) is 11.6 Å². The first-order valence-corrected chi connectivity index (χ1v) is 5.86. The number of imidazole rings is 1. The maximum Gasteiger partial charge on any atom is 0.257 e. The predicted octanol–water partition coefficient (Wildman–Crippen LogP) is 1.29. The van der Waals surface area contributed by atoms with Crippen LogP contribution in [0.25, 0.3) is 0 Å². The van der Waals surface area contributed by atoms with Crippen LogP contribution >= 0.6 is 0 Å². The van der Waals surface area contributed by atoms with Gasteiger partial charge in [0, 0.05) is 30.9 Å². The summed E-state index contributed by atoms with van der Waals surface area (Å²) in [4.78, 5) is 18.3. The summed E-state index contributed by atoms with van der Waals surface area (Å²) in [5.74, 6) is -0.301. The molecule has 0 saturated carbocycles.